The molecule has 0 aromatic rings. The fourth-order valence-corrected chi connectivity index (χ4v) is 13.0. The van der Waals surface area contributed by atoms with Crippen molar-refractivity contribution in [1.29, 1.82) is 0 Å². The van der Waals surface area contributed by atoms with E-state index >= 15 is 0 Å². The third kappa shape index (κ3) is 81.2. The minimum absolute atomic E-state index is 0.0729. The molecule has 19 heteroatoms. The van der Waals surface area contributed by atoms with Crippen molar-refractivity contribution in [2.45, 2.75) is 380 Å². The molecule has 0 aliphatic heterocycles. The predicted octanol–water partition coefficient (Wildman–Crippen LogP) is 26.0. The van der Waals surface area contributed by atoms with E-state index in [1.807, 2.05) is 0 Å². The molecule has 0 aromatic carbocycles. The third-order valence-electron chi connectivity index (χ3n) is 18.0. The number of rotatable bonds is 81. The van der Waals surface area contributed by atoms with Gasteiger partial charge in [-0.15, -0.1) is 0 Å². The fourth-order valence-electron chi connectivity index (χ4n) is 11.4. The van der Waals surface area contributed by atoms with Crippen molar-refractivity contribution < 1.29 is 80.2 Å². The number of carbonyl (C=O) groups excluding carboxylic acids is 4. The fraction of sp³-hybridized carbons (Fsp3) is 0.714. The molecule has 5 unspecified atom stereocenters. The van der Waals surface area contributed by atoms with Gasteiger partial charge in [0.05, 0.1) is 26.4 Å². The van der Waals surface area contributed by atoms with Gasteiger partial charge in [-0.05, 0) is 167 Å². The van der Waals surface area contributed by atoms with Gasteiger partial charge in [0.15, 0.2) is 12.2 Å². The lowest BCUT2D eigenvalue weighted by Crippen LogP contribution is -2.30. The second-order valence-electron chi connectivity index (χ2n) is 28.8. The molecule has 0 bridgehead atoms. The van der Waals surface area contributed by atoms with E-state index in [0.29, 0.717) is 25.7 Å². The van der Waals surface area contributed by atoms with E-state index in [9.17, 15) is 43.2 Å². The molecule has 0 amide bonds. The van der Waals surface area contributed by atoms with Crippen LogP contribution in [0.2, 0.25) is 0 Å². The van der Waals surface area contributed by atoms with E-state index in [4.69, 9.17) is 37.0 Å². The summed E-state index contributed by atoms with van der Waals surface area (Å²) in [5, 5.41) is 10.7. The predicted molar refractivity (Wildman–Crippen MR) is 454 cm³/mol. The normalized spacial score (nSPS) is 14.4. The van der Waals surface area contributed by atoms with Crippen LogP contribution in [0.4, 0.5) is 0 Å². The Bertz CT molecular complexity index is 2600. The number of phosphoric acid groups is 2. The average Bonchev–Trinajstić information content (AvgIpc) is 0.901. The lowest BCUT2D eigenvalue weighted by Gasteiger charge is -2.21. The number of esters is 4. The summed E-state index contributed by atoms with van der Waals surface area (Å²) in [6.07, 6.45) is 94.0. The maximum absolute atomic E-state index is 13.2. The quantitative estimate of drug-likeness (QED) is 0.0169. The van der Waals surface area contributed by atoms with Crippen LogP contribution < -0.4 is 0 Å². The maximum atomic E-state index is 13.2. The molecule has 5 atom stereocenters. The number of hydrogen-bond acceptors (Lipinski definition) is 15. The number of aliphatic hydroxyl groups is 1. The first kappa shape index (κ1) is 105. The molecule has 0 radical (unpaired) electrons. The summed E-state index contributed by atoms with van der Waals surface area (Å²) in [6, 6.07) is 0. The smallest absolute Gasteiger partial charge is 0.462 e. The van der Waals surface area contributed by atoms with Gasteiger partial charge in [0.1, 0.15) is 19.3 Å². The SMILES string of the molecule is CCC/C=C\C/C=C\CCCCCCCC(=O)OC(COC(=O)CCCCCCCC/C=C\C/C=C\C/C=C\CCCCC)COP(=O)(O)OCC(O)COP(=O)(O)OCC(COC(=O)CCCCCCCC/C=C\C/C=C\C/C=C\CCCCC)OC(=O)CCCCCCCC/C=C\C/C=C\C/C=C\CCCCC. The van der Waals surface area contributed by atoms with Crippen molar-refractivity contribution in [1.82, 2.24) is 0 Å². The number of carbonyl (C=O) groups is 4. The lowest BCUT2D eigenvalue weighted by atomic mass is 10.1. The van der Waals surface area contributed by atoms with Crippen LogP contribution >= 0.6 is 15.6 Å². The Hall–Kier alpha value is -4.80. The average molecular weight is 1580 g/mol. The molecule has 0 saturated heterocycles. The molecule has 17 nitrogen and oxygen atoms in total. The van der Waals surface area contributed by atoms with Gasteiger partial charge >= 0.3 is 39.5 Å². The first-order valence-electron chi connectivity index (χ1n) is 43.4. The van der Waals surface area contributed by atoms with Crippen molar-refractivity contribution in [2.24, 2.45) is 0 Å². The van der Waals surface area contributed by atoms with E-state index in [-0.39, 0.29) is 25.7 Å². The van der Waals surface area contributed by atoms with E-state index in [1.165, 1.54) is 57.8 Å². The highest BCUT2D eigenvalue weighted by atomic mass is 31.2. The van der Waals surface area contributed by atoms with E-state index in [1.54, 1.807) is 0 Å². The van der Waals surface area contributed by atoms with Crippen LogP contribution in [0.3, 0.4) is 0 Å². The van der Waals surface area contributed by atoms with Crippen LogP contribution in [-0.2, 0) is 65.4 Å². The van der Waals surface area contributed by atoms with Crippen molar-refractivity contribution in [2.75, 3.05) is 39.6 Å². The molecule has 110 heavy (non-hydrogen) atoms. The van der Waals surface area contributed by atoms with Gasteiger partial charge in [0, 0.05) is 25.7 Å². The zero-order chi connectivity index (χ0) is 80.3. The first-order valence-corrected chi connectivity index (χ1v) is 46.4. The molecule has 0 aliphatic carbocycles. The standard InChI is InChI=1S/C91H156O17P2/c1-5-9-13-17-21-25-29-33-36-39-42-45-48-52-55-59-63-67-71-75-88(93)101-81-86(107-90(95)77-73-69-65-61-57-51-32-28-24-20-16-12-8-4)83-105-109(97,98)103-79-85(92)80-104-110(99,100)106-84-87(108-91(96)78-74-70-66-62-58-54-50-47-44-41-38-35-31-27-23-19-15-11-7-3)82-102-89(94)76-72-68-64-60-56-53-49-46-43-40-37-34-30-26-22-18-14-10-6-2/h16,20-23,25-28,32-38,42-47,85-87,92H,5-15,17-19,24,29-31,39-41,48-84H2,1-4H3,(H,97,98)(H,99,100)/b20-16-,25-21-,26-22-,27-23-,32-28-,36-33-,37-34-,38-35-,45-42-,46-43-,47-44-. The van der Waals surface area contributed by atoms with Gasteiger partial charge in [-0.1, -0.05) is 303 Å². The largest absolute Gasteiger partial charge is 0.472 e. The Morgan fingerprint density at radius 2 is 0.464 bits per heavy atom. The Morgan fingerprint density at radius 1 is 0.255 bits per heavy atom. The number of aliphatic hydroxyl groups excluding tert-OH is 1. The summed E-state index contributed by atoms with van der Waals surface area (Å²) in [7, 11) is -9.99. The number of hydrogen-bond donors (Lipinski definition) is 3. The van der Waals surface area contributed by atoms with Gasteiger partial charge in [0.25, 0.3) is 0 Å². The highest BCUT2D eigenvalue weighted by Crippen LogP contribution is 2.45. The van der Waals surface area contributed by atoms with Crippen molar-refractivity contribution in [3.63, 3.8) is 0 Å². The van der Waals surface area contributed by atoms with E-state index < -0.39 is 97.5 Å². The van der Waals surface area contributed by atoms with Gasteiger partial charge in [-0.25, -0.2) is 9.13 Å². The van der Waals surface area contributed by atoms with Crippen LogP contribution in [-0.4, -0.2) is 96.7 Å². The molecule has 0 heterocycles. The summed E-state index contributed by atoms with van der Waals surface area (Å²) in [6.45, 7) is 4.71. The monoisotopic (exact) mass is 1580 g/mol. The van der Waals surface area contributed by atoms with Crippen molar-refractivity contribution in [3.05, 3.63) is 134 Å². The molecule has 0 aromatic heterocycles. The van der Waals surface area contributed by atoms with Gasteiger partial charge in [-0.2, -0.15) is 0 Å². The highest BCUT2D eigenvalue weighted by Gasteiger charge is 2.30. The Morgan fingerprint density at radius 3 is 0.718 bits per heavy atom. The van der Waals surface area contributed by atoms with Crippen LogP contribution in [0, 0.1) is 0 Å². The molecule has 0 spiro atoms. The van der Waals surface area contributed by atoms with E-state index in [0.717, 1.165) is 225 Å². The number of ether oxygens (including phenoxy) is 4. The molecule has 632 valence electrons. The second-order valence-corrected chi connectivity index (χ2v) is 31.7. The molecule has 3 N–H and O–H groups in total. The first-order chi connectivity index (χ1) is 53.7. The summed E-state index contributed by atoms with van der Waals surface area (Å²) >= 11 is 0. The molecule has 0 saturated carbocycles. The topological polar surface area (TPSA) is 237 Å². The third-order valence-corrected chi connectivity index (χ3v) is 19.9. The molecule has 0 aliphatic rings. The van der Waals surface area contributed by atoms with Crippen LogP contribution in [0.15, 0.2) is 134 Å². The number of allylic oxidation sites excluding steroid dienone is 22. The highest BCUT2D eigenvalue weighted by molar-refractivity contribution is 7.47. The summed E-state index contributed by atoms with van der Waals surface area (Å²) in [5.74, 6) is -2.22. The Labute approximate surface area is 669 Å². The minimum atomic E-state index is -4.99. The summed E-state index contributed by atoms with van der Waals surface area (Å²) < 4.78 is 68.8. The summed E-state index contributed by atoms with van der Waals surface area (Å²) in [5.41, 5.74) is 0. The Balaban J connectivity index is 5.40. The second kappa shape index (κ2) is 82.2. The number of unbranched alkanes of at least 4 members (excludes halogenated alkanes) is 33. The lowest BCUT2D eigenvalue weighted by molar-refractivity contribution is -0.161. The molecule has 0 rings (SSSR count). The zero-order valence-corrected chi connectivity index (χ0v) is 71.2. The van der Waals surface area contributed by atoms with Crippen LogP contribution in [0.1, 0.15) is 362 Å². The molecule has 0 fully saturated rings. The van der Waals surface area contributed by atoms with Gasteiger partial charge in [-0.3, -0.25) is 37.3 Å². The molecular weight excluding hydrogens is 1430 g/mol. The van der Waals surface area contributed by atoms with Crippen LogP contribution in [0.25, 0.3) is 0 Å². The van der Waals surface area contributed by atoms with Crippen LogP contribution in [0.5, 0.6) is 0 Å². The van der Waals surface area contributed by atoms with Crippen molar-refractivity contribution in [3.8, 4) is 0 Å². The number of phosphoric ester groups is 2. The summed E-state index contributed by atoms with van der Waals surface area (Å²) in [4.78, 5) is 73.3. The Kier molecular flexibility index (Phi) is 78.6. The van der Waals surface area contributed by atoms with Crippen molar-refractivity contribution >= 4 is 39.5 Å². The van der Waals surface area contributed by atoms with Gasteiger partial charge < -0.3 is 33.8 Å². The minimum Gasteiger partial charge on any atom is -0.462 e. The zero-order valence-electron chi connectivity index (χ0n) is 69.4. The molecular formula is C91H156O17P2. The van der Waals surface area contributed by atoms with Gasteiger partial charge in [0.2, 0.25) is 0 Å². The maximum Gasteiger partial charge on any atom is 0.472 e. The van der Waals surface area contributed by atoms with E-state index in [2.05, 4.69) is 161 Å².